The van der Waals surface area contributed by atoms with Crippen molar-refractivity contribution in [1.29, 1.82) is 0 Å². The maximum atomic E-state index is 6.09. The molecule has 0 radical (unpaired) electrons. The highest BCUT2D eigenvalue weighted by Gasteiger charge is 2.22. The van der Waals surface area contributed by atoms with Gasteiger partial charge in [-0.3, -0.25) is 0 Å². The summed E-state index contributed by atoms with van der Waals surface area (Å²) in [6.07, 6.45) is 1.09. The van der Waals surface area contributed by atoms with E-state index in [1.807, 2.05) is 19.2 Å². The zero-order chi connectivity index (χ0) is 12.3. The molecule has 1 unspecified atom stereocenters. The smallest absolute Gasteiger partial charge is 0.0670 e. The molecular formula is C13H19ClN2O. The molecule has 0 aromatic heterocycles. The van der Waals surface area contributed by atoms with Crippen LogP contribution in [0.4, 0.5) is 5.69 Å². The monoisotopic (exact) mass is 254 g/mol. The van der Waals surface area contributed by atoms with Crippen molar-refractivity contribution in [2.75, 3.05) is 32.2 Å². The van der Waals surface area contributed by atoms with Crippen molar-refractivity contribution < 1.29 is 4.74 Å². The van der Waals surface area contributed by atoms with Crippen LogP contribution in [0.2, 0.25) is 5.02 Å². The highest BCUT2D eigenvalue weighted by molar-refractivity contribution is 6.30. The Morgan fingerprint density at radius 1 is 1.53 bits per heavy atom. The molecule has 4 heteroatoms. The van der Waals surface area contributed by atoms with Crippen molar-refractivity contribution in [2.45, 2.75) is 19.0 Å². The molecule has 94 valence electrons. The van der Waals surface area contributed by atoms with Gasteiger partial charge in [-0.25, -0.2) is 0 Å². The minimum atomic E-state index is 0.462. The maximum absolute atomic E-state index is 6.09. The minimum Gasteiger partial charge on any atom is -0.379 e. The van der Waals surface area contributed by atoms with E-state index in [1.54, 1.807) is 0 Å². The number of hydrogen-bond donors (Lipinski definition) is 1. The minimum absolute atomic E-state index is 0.462. The van der Waals surface area contributed by atoms with Gasteiger partial charge in [0.1, 0.15) is 0 Å². The molecule has 0 saturated carbocycles. The van der Waals surface area contributed by atoms with Gasteiger partial charge in [0.15, 0.2) is 0 Å². The third kappa shape index (κ3) is 2.92. The summed E-state index contributed by atoms with van der Waals surface area (Å²) in [6, 6.07) is 6.52. The Hall–Kier alpha value is -0.770. The fourth-order valence-electron chi connectivity index (χ4n) is 2.23. The number of nitrogens with zero attached hydrogens (tertiary/aromatic N) is 1. The lowest BCUT2D eigenvalue weighted by atomic mass is 10.1. The summed E-state index contributed by atoms with van der Waals surface area (Å²) in [7, 11) is 4.07. The first-order chi connectivity index (χ1) is 8.22. The van der Waals surface area contributed by atoms with Crippen molar-refractivity contribution in [3.8, 4) is 0 Å². The highest BCUT2D eigenvalue weighted by Crippen LogP contribution is 2.27. The van der Waals surface area contributed by atoms with Crippen molar-refractivity contribution in [2.24, 2.45) is 0 Å². The second-order valence-electron chi connectivity index (χ2n) is 4.43. The number of anilines is 1. The normalized spacial score (nSPS) is 19.6. The van der Waals surface area contributed by atoms with Gasteiger partial charge in [-0.2, -0.15) is 0 Å². The summed E-state index contributed by atoms with van der Waals surface area (Å²) in [5.41, 5.74) is 2.47. The first-order valence-electron chi connectivity index (χ1n) is 5.96. The number of benzene rings is 1. The molecule has 1 heterocycles. The number of ether oxygens (including phenoxy) is 1. The molecule has 1 atom stereocenters. The largest absolute Gasteiger partial charge is 0.379 e. The van der Waals surface area contributed by atoms with E-state index in [1.165, 1.54) is 11.3 Å². The van der Waals surface area contributed by atoms with Gasteiger partial charge in [-0.1, -0.05) is 17.7 Å². The van der Waals surface area contributed by atoms with Crippen LogP contribution in [0.5, 0.6) is 0 Å². The standard InChI is InChI=1S/C13H19ClN2O/c1-15-8-10-3-4-11(14)7-13(10)16(2)12-5-6-17-9-12/h3-4,7,12,15H,5-6,8-9H2,1-2H3. The maximum Gasteiger partial charge on any atom is 0.0670 e. The lowest BCUT2D eigenvalue weighted by molar-refractivity contribution is 0.193. The molecule has 1 aliphatic heterocycles. The Kier molecular flexibility index (Phi) is 4.26. The molecule has 1 N–H and O–H groups in total. The Bertz CT molecular complexity index is 378. The van der Waals surface area contributed by atoms with Crippen LogP contribution in [0.1, 0.15) is 12.0 Å². The van der Waals surface area contributed by atoms with E-state index in [9.17, 15) is 0 Å². The summed E-state index contributed by atoms with van der Waals surface area (Å²) in [5.74, 6) is 0. The zero-order valence-electron chi connectivity index (χ0n) is 10.4. The topological polar surface area (TPSA) is 24.5 Å². The molecule has 0 aliphatic carbocycles. The summed E-state index contributed by atoms with van der Waals surface area (Å²) in [6.45, 7) is 2.52. The number of nitrogens with one attached hydrogen (secondary N) is 1. The molecule has 1 fully saturated rings. The van der Waals surface area contributed by atoms with Crippen LogP contribution in [-0.4, -0.2) is 33.4 Å². The first kappa shape index (κ1) is 12.7. The van der Waals surface area contributed by atoms with Gasteiger partial charge >= 0.3 is 0 Å². The van der Waals surface area contributed by atoms with Crippen LogP contribution in [-0.2, 0) is 11.3 Å². The van der Waals surface area contributed by atoms with Crippen molar-refractivity contribution in [3.63, 3.8) is 0 Å². The molecule has 1 aliphatic rings. The van der Waals surface area contributed by atoms with Crippen molar-refractivity contribution in [1.82, 2.24) is 5.32 Å². The average Bonchev–Trinajstić information content (AvgIpc) is 2.84. The number of rotatable bonds is 4. The Balaban J connectivity index is 2.24. The fourth-order valence-corrected chi connectivity index (χ4v) is 2.40. The van der Waals surface area contributed by atoms with E-state index in [2.05, 4.69) is 23.3 Å². The van der Waals surface area contributed by atoms with E-state index in [0.717, 1.165) is 31.2 Å². The summed E-state index contributed by atoms with van der Waals surface area (Å²) in [5, 5.41) is 3.97. The quantitative estimate of drug-likeness (QED) is 0.892. The van der Waals surface area contributed by atoms with Crippen LogP contribution in [0.15, 0.2) is 18.2 Å². The van der Waals surface area contributed by atoms with Gasteiger partial charge in [-0.05, 0) is 31.2 Å². The summed E-state index contributed by atoms with van der Waals surface area (Å²) < 4.78 is 5.44. The van der Waals surface area contributed by atoms with E-state index in [4.69, 9.17) is 16.3 Å². The van der Waals surface area contributed by atoms with Gasteiger partial charge in [0.2, 0.25) is 0 Å². The van der Waals surface area contributed by atoms with Crippen molar-refractivity contribution >= 4 is 17.3 Å². The number of hydrogen-bond acceptors (Lipinski definition) is 3. The van der Waals surface area contributed by atoms with Crippen LogP contribution in [0.3, 0.4) is 0 Å². The zero-order valence-corrected chi connectivity index (χ0v) is 11.1. The summed E-state index contributed by atoms with van der Waals surface area (Å²) >= 11 is 6.09. The molecule has 0 bridgehead atoms. The molecule has 0 spiro atoms. The van der Waals surface area contributed by atoms with Crippen LogP contribution < -0.4 is 10.2 Å². The molecule has 0 amide bonds. The lowest BCUT2D eigenvalue weighted by Crippen LogP contribution is -2.32. The van der Waals surface area contributed by atoms with E-state index >= 15 is 0 Å². The number of halogens is 1. The van der Waals surface area contributed by atoms with Gasteiger partial charge in [0, 0.05) is 30.9 Å². The van der Waals surface area contributed by atoms with Gasteiger partial charge in [0.25, 0.3) is 0 Å². The van der Waals surface area contributed by atoms with Crippen LogP contribution >= 0.6 is 11.6 Å². The Labute approximate surface area is 108 Å². The average molecular weight is 255 g/mol. The molecule has 17 heavy (non-hydrogen) atoms. The van der Waals surface area contributed by atoms with Gasteiger partial charge < -0.3 is 15.0 Å². The molecule has 1 aromatic carbocycles. The fraction of sp³-hybridized carbons (Fsp3) is 0.538. The third-order valence-corrected chi connectivity index (χ3v) is 3.48. The third-order valence-electron chi connectivity index (χ3n) is 3.25. The Morgan fingerprint density at radius 2 is 2.35 bits per heavy atom. The highest BCUT2D eigenvalue weighted by atomic mass is 35.5. The first-order valence-corrected chi connectivity index (χ1v) is 6.33. The van der Waals surface area contributed by atoms with Gasteiger partial charge in [0.05, 0.1) is 12.6 Å². The second-order valence-corrected chi connectivity index (χ2v) is 4.87. The van der Waals surface area contributed by atoms with E-state index in [0.29, 0.717) is 6.04 Å². The molecule has 3 nitrogen and oxygen atoms in total. The molecule has 2 rings (SSSR count). The molecule has 1 aromatic rings. The summed E-state index contributed by atoms with van der Waals surface area (Å²) in [4.78, 5) is 2.28. The molecular weight excluding hydrogens is 236 g/mol. The van der Waals surface area contributed by atoms with Crippen LogP contribution in [0.25, 0.3) is 0 Å². The predicted octanol–water partition coefficient (Wildman–Crippen LogP) is 2.28. The SMILES string of the molecule is CNCc1ccc(Cl)cc1N(C)C1CCOC1. The Morgan fingerprint density at radius 3 is 3.00 bits per heavy atom. The van der Waals surface area contributed by atoms with Crippen molar-refractivity contribution in [3.05, 3.63) is 28.8 Å². The molecule has 1 saturated heterocycles. The lowest BCUT2D eigenvalue weighted by Gasteiger charge is -2.28. The van der Waals surface area contributed by atoms with Gasteiger partial charge in [-0.15, -0.1) is 0 Å². The van der Waals surface area contributed by atoms with E-state index in [-0.39, 0.29) is 0 Å². The number of likely N-dealkylation sites (N-methyl/N-ethyl adjacent to an activating group) is 1. The second kappa shape index (κ2) is 5.71. The van der Waals surface area contributed by atoms with E-state index < -0.39 is 0 Å². The predicted molar refractivity (Wildman–Crippen MR) is 71.8 cm³/mol. The van der Waals surface area contributed by atoms with Crippen LogP contribution in [0, 0.1) is 0 Å².